The lowest BCUT2D eigenvalue weighted by atomic mass is 9.69. The Bertz CT molecular complexity index is 786. The van der Waals surface area contributed by atoms with Crippen molar-refractivity contribution in [1.82, 2.24) is 9.55 Å². The number of rotatable bonds is 4. The minimum atomic E-state index is -2.13. The lowest BCUT2D eigenvalue weighted by Crippen LogP contribution is -2.52. The van der Waals surface area contributed by atoms with Crippen LogP contribution in [0.2, 0.25) is 0 Å². The van der Waals surface area contributed by atoms with Crippen LogP contribution in [-0.4, -0.2) is 27.4 Å². The zero-order valence-electron chi connectivity index (χ0n) is 15.7. The zero-order chi connectivity index (χ0) is 19.9. The van der Waals surface area contributed by atoms with Crippen LogP contribution < -0.4 is 16.5 Å². The first-order chi connectivity index (χ1) is 12.7. The molecular weight excluding hydrogens is 373 g/mol. The Hall–Kier alpha value is -1.61. The number of carbonyl (C=O) groups excluding carboxylic acids is 1. The Morgan fingerprint density at radius 3 is 2.85 bits per heavy atom. The number of aromatic nitrogens is 2. The Kier molecular flexibility index (Phi) is 5.54. The number of nitrogens with zero attached hydrogens (tertiary/aromatic N) is 2. The number of carboxylic acid groups (broad SMARTS) is 1. The topological polar surface area (TPSA) is 110 Å². The second-order valence-electron chi connectivity index (χ2n) is 7.95. The molecule has 2 fully saturated rings. The fourth-order valence-corrected chi connectivity index (χ4v) is 5.88. The van der Waals surface area contributed by atoms with Crippen LogP contribution in [0.4, 0.5) is 10.2 Å². The molecule has 1 aliphatic heterocycles. The van der Waals surface area contributed by atoms with Gasteiger partial charge < -0.3 is 20.4 Å². The number of carboxylic acids is 1. The van der Waals surface area contributed by atoms with Gasteiger partial charge in [0.15, 0.2) is 11.6 Å². The maximum Gasteiger partial charge on any atom is 0.353 e. The van der Waals surface area contributed by atoms with Gasteiger partial charge in [0.05, 0.1) is 12.8 Å². The van der Waals surface area contributed by atoms with Crippen molar-refractivity contribution in [3.8, 4) is 0 Å². The number of aliphatic carboxylic acids is 1. The number of anilines is 1. The van der Waals surface area contributed by atoms with Gasteiger partial charge in [-0.1, -0.05) is 39.0 Å². The van der Waals surface area contributed by atoms with E-state index < -0.39 is 28.4 Å². The minimum absolute atomic E-state index is 0.134. The van der Waals surface area contributed by atoms with Gasteiger partial charge in [-0.3, -0.25) is 4.57 Å². The minimum Gasteiger partial charge on any atom is -0.544 e. The number of carbonyl (C=O) groups is 1. The lowest BCUT2D eigenvalue weighted by molar-refractivity contribution is -0.325. The van der Waals surface area contributed by atoms with Crippen LogP contribution in [0.3, 0.4) is 0 Å². The molecule has 2 aliphatic rings. The van der Waals surface area contributed by atoms with Crippen molar-refractivity contribution in [3.63, 3.8) is 0 Å². The second-order valence-corrected chi connectivity index (χ2v) is 9.35. The van der Waals surface area contributed by atoms with Crippen LogP contribution in [-0.2, 0) is 14.6 Å². The van der Waals surface area contributed by atoms with Crippen LogP contribution in [0.1, 0.15) is 40.0 Å². The van der Waals surface area contributed by atoms with E-state index in [0.29, 0.717) is 22.3 Å². The van der Waals surface area contributed by atoms with Gasteiger partial charge in [-0.25, -0.2) is 9.18 Å². The van der Waals surface area contributed by atoms with Gasteiger partial charge in [-0.05, 0) is 36.5 Å². The van der Waals surface area contributed by atoms with E-state index in [9.17, 15) is 19.1 Å². The molecule has 1 aliphatic carbocycles. The van der Waals surface area contributed by atoms with Gasteiger partial charge in [-0.2, -0.15) is 4.98 Å². The molecule has 150 valence electrons. The third-order valence-corrected chi connectivity index (χ3v) is 7.38. The molecule has 0 aromatic carbocycles. The molecule has 0 radical (unpaired) electrons. The van der Waals surface area contributed by atoms with Crippen LogP contribution >= 0.6 is 11.8 Å². The molecule has 3 rings (SSSR count). The van der Waals surface area contributed by atoms with E-state index in [1.807, 2.05) is 0 Å². The van der Waals surface area contributed by atoms with Gasteiger partial charge in [0.25, 0.3) is 0 Å². The van der Waals surface area contributed by atoms with Gasteiger partial charge in [-0.15, -0.1) is 0 Å². The summed E-state index contributed by atoms with van der Waals surface area (Å²) in [5, 5.41) is 9.72. The van der Waals surface area contributed by atoms with Crippen molar-refractivity contribution in [2.75, 3.05) is 12.3 Å². The summed E-state index contributed by atoms with van der Waals surface area (Å²) in [5.41, 5.74) is 4.33. The fourth-order valence-electron chi connectivity index (χ4n) is 4.37. The Morgan fingerprint density at radius 2 is 2.22 bits per heavy atom. The van der Waals surface area contributed by atoms with Crippen molar-refractivity contribution in [2.45, 2.75) is 50.3 Å². The fraction of sp³-hybridized carbons (Fsp3) is 0.722. The van der Waals surface area contributed by atoms with Crippen molar-refractivity contribution in [1.29, 1.82) is 0 Å². The van der Waals surface area contributed by atoms with E-state index in [1.165, 1.54) is 0 Å². The molecule has 27 heavy (non-hydrogen) atoms. The van der Waals surface area contributed by atoms with Gasteiger partial charge in [0.1, 0.15) is 5.97 Å². The smallest absolute Gasteiger partial charge is 0.353 e. The number of halogens is 1. The Balaban J connectivity index is 1.95. The number of ether oxygens (including phenoxy) is 1. The average Bonchev–Trinajstić information content (AvgIpc) is 3.04. The van der Waals surface area contributed by atoms with E-state index >= 15 is 0 Å². The molecule has 1 saturated heterocycles. The van der Waals surface area contributed by atoms with Crippen molar-refractivity contribution < 1.29 is 19.0 Å². The zero-order valence-corrected chi connectivity index (χ0v) is 16.5. The summed E-state index contributed by atoms with van der Waals surface area (Å²) in [6.45, 7) is 6.69. The van der Waals surface area contributed by atoms with E-state index in [-0.39, 0.29) is 17.8 Å². The molecule has 2 heterocycles. The molecule has 0 spiro atoms. The maximum absolute atomic E-state index is 13.9. The summed E-state index contributed by atoms with van der Waals surface area (Å²) >= 11 is 1.01. The molecule has 0 amide bonds. The molecule has 7 nitrogen and oxygen atoms in total. The predicted molar refractivity (Wildman–Crippen MR) is 98.0 cm³/mol. The first kappa shape index (κ1) is 20.1. The summed E-state index contributed by atoms with van der Waals surface area (Å²) in [6.07, 6.45) is 3.93. The molecule has 0 bridgehead atoms. The number of thioether (sulfide) groups is 1. The molecule has 1 aromatic rings. The van der Waals surface area contributed by atoms with Crippen LogP contribution in [0.25, 0.3) is 0 Å². The summed E-state index contributed by atoms with van der Waals surface area (Å²) in [5.74, 6) is -1.46. The summed E-state index contributed by atoms with van der Waals surface area (Å²) < 4.78 is 20.1. The van der Waals surface area contributed by atoms with Crippen LogP contribution in [0.15, 0.2) is 11.0 Å². The summed E-state index contributed by atoms with van der Waals surface area (Å²) in [6, 6.07) is 0. The molecular formula is C18H25FN3O4S-. The number of hydrogen-bond acceptors (Lipinski definition) is 7. The second kappa shape index (κ2) is 7.43. The Labute approximate surface area is 161 Å². The summed E-state index contributed by atoms with van der Waals surface area (Å²) in [7, 11) is 0. The number of nitrogens with two attached hydrogens (primary N) is 1. The molecule has 1 saturated carbocycles. The maximum atomic E-state index is 13.9. The van der Waals surface area contributed by atoms with Gasteiger partial charge in [0.2, 0.25) is 5.06 Å². The van der Waals surface area contributed by atoms with E-state index in [2.05, 4.69) is 25.8 Å². The Morgan fingerprint density at radius 1 is 1.52 bits per heavy atom. The number of hydrogen-bond donors (Lipinski definition) is 1. The normalized spacial score (nSPS) is 34.1. The average molecular weight is 398 g/mol. The molecule has 3 unspecified atom stereocenters. The van der Waals surface area contributed by atoms with E-state index in [1.54, 1.807) is 0 Å². The van der Waals surface area contributed by atoms with Crippen LogP contribution in [0, 0.1) is 29.5 Å². The SMILES string of the molecule is CC(C)C1CC[C@@H](C)CC1C1CO[C@@](C(=O)[O-])(n2cc(F)c(N)nc2=O)S1. The van der Waals surface area contributed by atoms with Crippen molar-refractivity contribution >= 4 is 23.5 Å². The van der Waals surface area contributed by atoms with Crippen LogP contribution in [0.5, 0.6) is 0 Å². The first-order valence-electron chi connectivity index (χ1n) is 9.24. The highest BCUT2D eigenvalue weighted by molar-refractivity contribution is 8.01. The highest BCUT2D eigenvalue weighted by Gasteiger charge is 2.50. The lowest BCUT2D eigenvalue weighted by Gasteiger charge is -2.40. The third kappa shape index (κ3) is 3.59. The van der Waals surface area contributed by atoms with Gasteiger partial charge >= 0.3 is 5.69 Å². The van der Waals surface area contributed by atoms with Gasteiger partial charge in [0, 0.05) is 5.25 Å². The molecule has 1 aromatic heterocycles. The van der Waals surface area contributed by atoms with E-state index in [0.717, 1.165) is 37.2 Å². The standard InChI is InChI=1S/C18H26FN3O4S/c1-9(2)11-5-4-10(3)6-12(11)14-8-26-18(27-14,16(23)24)22-7-13(19)15(20)21-17(22)25/h7,9-12,14H,4-6,8H2,1-3H3,(H,23,24)(H2,20,21,25)/p-1/t10-,11?,12?,14?,18-/m1/s1. The molecule has 5 atom stereocenters. The van der Waals surface area contributed by atoms with Crippen molar-refractivity contribution in [3.05, 3.63) is 22.5 Å². The monoisotopic (exact) mass is 398 g/mol. The first-order valence-corrected chi connectivity index (χ1v) is 10.1. The highest BCUT2D eigenvalue weighted by atomic mass is 32.2. The summed E-state index contributed by atoms with van der Waals surface area (Å²) in [4.78, 5) is 27.6. The highest BCUT2D eigenvalue weighted by Crippen LogP contribution is 2.50. The predicted octanol–water partition coefficient (Wildman–Crippen LogP) is 1.17. The number of nitrogen functional groups attached to an aromatic ring is 1. The van der Waals surface area contributed by atoms with Crippen molar-refractivity contribution in [2.24, 2.45) is 23.7 Å². The largest absolute Gasteiger partial charge is 0.544 e. The van der Waals surface area contributed by atoms with E-state index in [4.69, 9.17) is 10.5 Å². The molecule has 2 N–H and O–H groups in total. The third-order valence-electron chi connectivity index (χ3n) is 5.79. The molecule has 9 heteroatoms. The quantitative estimate of drug-likeness (QED) is 0.810.